The molecule has 0 spiro atoms. The van der Waals surface area contributed by atoms with Crippen LogP contribution in [-0.2, 0) is 26.3 Å². The Hall–Kier alpha value is -1.43. The van der Waals surface area contributed by atoms with Crippen LogP contribution < -0.4 is 5.73 Å². The van der Waals surface area contributed by atoms with E-state index in [9.17, 15) is 0 Å². The van der Waals surface area contributed by atoms with Gasteiger partial charge in [-0.05, 0) is 18.8 Å². The molecule has 0 aliphatic heterocycles. The van der Waals surface area contributed by atoms with E-state index < -0.39 is 0 Å². The number of rotatable bonds is 6. The number of nitrogens with zero attached hydrogens (tertiary/aromatic N) is 4. The fourth-order valence-corrected chi connectivity index (χ4v) is 2.61. The molecule has 2 heterocycles. The lowest BCUT2D eigenvalue weighted by atomic mass is 10.1. The molecule has 0 bridgehead atoms. The molecule has 104 valence electrons. The van der Waals surface area contributed by atoms with Crippen molar-refractivity contribution < 1.29 is 0 Å². The van der Waals surface area contributed by atoms with Crippen LogP contribution in [0, 0.1) is 5.92 Å². The molecule has 0 aliphatic carbocycles. The second kappa shape index (κ2) is 6.14. The second-order valence-electron chi connectivity index (χ2n) is 5.20. The summed E-state index contributed by atoms with van der Waals surface area (Å²) in [6.07, 6.45) is 3.84. The molecule has 0 fully saturated rings. The number of aryl methyl sites for hydroxylation is 3. The van der Waals surface area contributed by atoms with Gasteiger partial charge in [-0.1, -0.05) is 13.8 Å². The van der Waals surface area contributed by atoms with Gasteiger partial charge in [0, 0.05) is 25.3 Å². The van der Waals surface area contributed by atoms with Crippen molar-refractivity contribution in [3.63, 3.8) is 0 Å². The summed E-state index contributed by atoms with van der Waals surface area (Å²) in [5.41, 5.74) is 6.69. The smallest absolute Gasteiger partial charge is 0.180 e. The third kappa shape index (κ3) is 4.02. The van der Waals surface area contributed by atoms with Crippen LogP contribution in [0.2, 0.25) is 0 Å². The molecule has 5 nitrogen and oxygen atoms in total. The highest BCUT2D eigenvalue weighted by atomic mass is 32.1. The molecule has 0 unspecified atom stereocenters. The van der Waals surface area contributed by atoms with Gasteiger partial charge in [0.1, 0.15) is 5.82 Å². The number of hydrogen-bond donors (Lipinski definition) is 1. The predicted molar refractivity (Wildman–Crippen MR) is 78.1 cm³/mol. The maximum absolute atomic E-state index is 5.62. The average Bonchev–Trinajstić information content (AvgIpc) is 2.86. The van der Waals surface area contributed by atoms with E-state index >= 15 is 0 Å². The van der Waals surface area contributed by atoms with Gasteiger partial charge in [0.25, 0.3) is 0 Å². The van der Waals surface area contributed by atoms with E-state index in [2.05, 4.69) is 28.9 Å². The van der Waals surface area contributed by atoms with Crippen LogP contribution in [0.5, 0.6) is 0 Å². The molecule has 0 aromatic carbocycles. The van der Waals surface area contributed by atoms with Gasteiger partial charge in [-0.25, -0.2) is 9.97 Å². The van der Waals surface area contributed by atoms with Gasteiger partial charge >= 0.3 is 0 Å². The van der Waals surface area contributed by atoms with Gasteiger partial charge in [0.15, 0.2) is 11.0 Å². The Bertz CT molecular complexity index is 529. The minimum atomic E-state index is 0.591. The van der Waals surface area contributed by atoms with Crippen LogP contribution in [0.15, 0.2) is 5.38 Å². The van der Waals surface area contributed by atoms with Crippen molar-refractivity contribution in [1.82, 2.24) is 19.7 Å². The molecule has 0 atom stereocenters. The quantitative estimate of drug-likeness (QED) is 0.880. The lowest BCUT2D eigenvalue weighted by Gasteiger charge is -1.98. The van der Waals surface area contributed by atoms with Gasteiger partial charge in [0.05, 0.1) is 5.69 Å². The number of hydrogen-bond acceptors (Lipinski definition) is 5. The van der Waals surface area contributed by atoms with Crippen molar-refractivity contribution in [2.75, 3.05) is 5.73 Å². The van der Waals surface area contributed by atoms with Crippen LogP contribution in [0.4, 0.5) is 5.13 Å². The minimum absolute atomic E-state index is 0.591. The molecular weight excluding hydrogens is 258 g/mol. The van der Waals surface area contributed by atoms with E-state index in [1.54, 1.807) is 0 Å². The van der Waals surface area contributed by atoms with Crippen LogP contribution in [-0.4, -0.2) is 19.7 Å². The first-order chi connectivity index (χ1) is 9.04. The van der Waals surface area contributed by atoms with Gasteiger partial charge in [-0.2, -0.15) is 5.10 Å². The highest BCUT2D eigenvalue weighted by Gasteiger charge is 2.09. The fraction of sp³-hybridized carbons (Fsp3) is 0.615. The summed E-state index contributed by atoms with van der Waals surface area (Å²) < 4.78 is 1.90. The van der Waals surface area contributed by atoms with E-state index in [-0.39, 0.29) is 0 Å². The van der Waals surface area contributed by atoms with Gasteiger partial charge in [-0.3, -0.25) is 4.68 Å². The normalized spacial score (nSPS) is 11.4. The summed E-state index contributed by atoms with van der Waals surface area (Å²) in [4.78, 5) is 8.86. The van der Waals surface area contributed by atoms with E-state index in [0.29, 0.717) is 11.0 Å². The molecule has 2 aromatic heterocycles. The van der Waals surface area contributed by atoms with Crippen molar-refractivity contribution in [2.45, 2.75) is 39.5 Å². The van der Waals surface area contributed by atoms with Gasteiger partial charge in [0.2, 0.25) is 0 Å². The number of thiazole rings is 1. The zero-order valence-electron chi connectivity index (χ0n) is 11.8. The molecule has 2 N–H and O–H groups in total. The molecule has 6 heteroatoms. The third-order valence-electron chi connectivity index (χ3n) is 2.89. The largest absolute Gasteiger partial charge is 0.375 e. The predicted octanol–water partition coefficient (Wildman–Crippen LogP) is 2.23. The molecular formula is C13H21N5S. The zero-order chi connectivity index (χ0) is 13.8. The monoisotopic (exact) mass is 279 g/mol. The lowest BCUT2D eigenvalue weighted by Crippen LogP contribution is -2.00. The van der Waals surface area contributed by atoms with Crippen LogP contribution in [0.1, 0.15) is 37.6 Å². The summed E-state index contributed by atoms with van der Waals surface area (Å²) in [6.45, 7) is 4.37. The van der Waals surface area contributed by atoms with E-state index in [1.807, 2.05) is 17.1 Å². The molecule has 0 saturated carbocycles. The number of nitrogen functional groups attached to an aromatic ring is 1. The molecule has 19 heavy (non-hydrogen) atoms. The number of anilines is 1. The Kier molecular flexibility index (Phi) is 4.52. The SMILES string of the molecule is CC(C)Cc1nc(CCCc2csc(N)n2)n(C)n1. The third-order valence-corrected chi connectivity index (χ3v) is 3.61. The fourth-order valence-electron chi connectivity index (χ4n) is 2.01. The van der Waals surface area contributed by atoms with E-state index in [0.717, 1.165) is 43.0 Å². The summed E-state index contributed by atoms with van der Waals surface area (Å²) in [5.74, 6) is 2.59. The average molecular weight is 279 g/mol. The Morgan fingerprint density at radius 2 is 2.11 bits per heavy atom. The van der Waals surface area contributed by atoms with Crippen LogP contribution >= 0.6 is 11.3 Å². The second-order valence-corrected chi connectivity index (χ2v) is 6.09. The summed E-state index contributed by atoms with van der Waals surface area (Å²) in [6, 6.07) is 0. The maximum atomic E-state index is 5.62. The molecule has 2 rings (SSSR count). The Morgan fingerprint density at radius 3 is 2.74 bits per heavy atom. The summed E-state index contributed by atoms with van der Waals surface area (Å²) in [5, 5.41) is 7.12. The minimum Gasteiger partial charge on any atom is -0.375 e. The molecule has 0 radical (unpaired) electrons. The molecule has 0 aliphatic rings. The van der Waals surface area contributed by atoms with Crippen molar-refractivity contribution in [3.8, 4) is 0 Å². The van der Waals surface area contributed by atoms with Crippen LogP contribution in [0.3, 0.4) is 0 Å². The van der Waals surface area contributed by atoms with Crippen molar-refractivity contribution in [3.05, 3.63) is 22.7 Å². The van der Waals surface area contributed by atoms with Crippen LogP contribution in [0.25, 0.3) is 0 Å². The Morgan fingerprint density at radius 1 is 1.32 bits per heavy atom. The standard InChI is InChI=1S/C13H21N5S/c1-9(2)7-11-16-12(18(3)17-11)6-4-5-10-8-19-13(14)15-10/h8-9H,4-7H2,1-3H3,(H2,14,15). The first-order valence-corrected chi connectivity index (χ1v) is 7.51. The van der Waals surface area contributed by atoms with Crippen molar-refractivity contribution in [1.29, 1.82) is 0 Å². The summed E-state index contributed by atoms with van der Waals surface area (Å²) >= 11 is 1.50. The Labute approximate surface area is 117 Å². The zero-order valence-corrected chi connectivity index (χ0v) is 12.6. The van der Waals surface area contributed by atoms with Gasteiger partial charge in [-0.15, -0.1) is 11.3 Å². The first kappa shape index (κ1) is 14.0. The van der Waals surface area contributed by atoms with E-state index in [4.69, 9.17) is 5.73 Å². The summed E-state index contributed by atoms with van der Waals surface area (Å²) in [7, 11) is 1.97. The highest BCUT2D eigenvalue weighted by Crippen LogP contribution is 2.13. The number of aromatic nitrogens is 4. The lowest BCUT2D eigenvalue weighted by molar-refractivity contribution is 0.611. The van der Waals surface area contributed by atoms with Crippen molar-refractivity contribution in [2.24, 2.45) is 13.0 Å². The maximum Gasteiger partial charge on any atom is 0.180 e. The van der Waals surface area contributed by atoms with Crippen molar-refractivity contribution >= 4 is 16.5 Å². The number of nitrogens with two attached hydrogens (primary N) is 1. The molecule has 2 aromatic rings. The topological polar surface area (TPSA) is 69.6 Å². The molecule has 0 amide bonds. The highest BCUT2D eigenvalue weighted by molar-refractivity contribution is 7.13. The van der Waals surface area contributed by atoms with E-state index in [1.165, 1.54) is 11.3 Å². The molecule has 0 saturated heterocycles. The van der Waals surface area contributed by atoms with Gasteiger partial charge < -0.3 is 5.73 Å². The Balaban J connectivity index is 1.87. The first-order valence-electron chi connectivity index (χ1n) is 6.63.